The van der Waals surface area contributed by atoms with Gasteiger partial charge in [0.2, 0.25) is 11.1 Å². The minimum Gasteiger partial charge on any atom is -0.364 e. The van der Waals surface area contributed by atoms with E-state index in [2.05, 4.69) is 15.3 Å². The normalized spacial score (nSPS) is 11.2. The molecule has 6 nitrogen and oxygen atoms in total. The first-order chi connectivity index (χ1) is 7.29. The molecule has 0 spiro atoms. The summed E-state index contributed by atoms with van der Waals surface area (Å²) >= 11 is 5.61. The van der Waals surface area contributed by atoms with Crippen molar-refractivity contribution in [1.29, 1.82) is 0 Å². The van der Waals surface area contributed by atoms with Gasteiger partial charge in [0.05, 0.1) is 4.91 Å². The molecular weight excluding hydrogens is 232 g/mol. The van der Waals surface area contributed by atoms with Crippen LogP contribution in [0.3, 0.4) is 0 Å². The minimum absolute atomic E-state index is 0.0118. The lowest BCUT2D eigenvalue weighted by Gasteiger charge is -2.18. The fraction of sp³-hybridized carbons (Fsp3) is 0.556. The van der Waals surface area contributed by atoms with Crippen molar-refractivity contribution in [3.63, 3.8) is 0 Å². The highest BCUT2D eigenvalue weighted by molar-refractivity contribution is 6.28. The van der Waals surface area contributed by atoms with Crippen molar-refractivity contribution in [2.45, 2.75) is 20.8 Å². The molecule has 0 aliphatic carbocycles. The van der Waals surface area contributed by atoms with Crippen molar-refractivity contribution >= 4 is 23.1 Å². The first-order valence-electron chi connectivity index (χ1n) is 4.72. The fourth-order valence-electron chi connectivity index (χ4n) is 0.973. The van der Waals surface area contributed by atoms with Gasteiger partial charge in [-0.3, -0.25) is 0 Å². The molecule has 16 heavy (non-hydrogen) atoms. The summed E-state index contributed by atoms with van der Waals surface area (Å²) in [6.45, 7) is 6.66. The van der Waals surface area contributed by atoms with Crippen LogP contribution in [0.5, 0.6) is 0 Å². The third kappa shape index (κ3) is 3.62. The summed E-state index contributed by atoms with van der Waals surface area (Å²) in [6.07, 6.45) is 1.16. The monoisotopic (exact) mass is 245 g/mol. The zero-order valence-electron chi connectivity index (χ0n) is 9.36. The Hall–Kier alpha value is -1.43. The van der Waals surface area contributed by atoms with E-state index >= 15 is 0 Å². The zero-order chi connectivity index (χ0) is 12.3. The molecule has 88 valence electrons. The maximum absolute atomic E-state index is 10.8. The zero-order valence-corrected chi connectivity index (χ0v) is 10.1. The highest BCUT2D eigenvalue weighted by Gasteiger charge is 2.22. The lowest BCUT2D eigenvalue weighted by atomic mass is 9.97. The van der Waals surface area contributed by atoms with E-state index in [1.807, 2.05) is 20.8 Å². The van der Waals surface area contributed by atoms with Gasteiger partial charge in [-0.05, 0) is 17.0 Å². The van der Waals surface area contributed by atoms with Crippen molar-refractivity contribution in [2.75, 3.05) is 11.9 Å². The largest absolute Gasteiger partial charge is 0.376 e. The van der Waals surface area contributed by atoms with Crippen LogP contribution in [0, 0.1) is 10.3 Å². The maximum Gasteiger partial charge on any atom is 0.376 e. The van der Waals surface area contributed by atoms with Gasteiger partial charge in [0.15, 0.2) is 0 Å². The van der Waals surface area contributed by atoms with Gasteiger partial charge in [0.1, 0.15) is 6.20 Å². The first-order valence-corrected chi connectivity index (χ1v) is 5.10. The second-order valence-corrected chi connectivity index (χ2v) is 4.90. The lowest BCUT2D eigenvalue weighted by molar-refractivity contribution is -0.729. The Balaban J connectivity index is 2.93. The molecule has 2 N–H and O–H groups in total. The van der Waals surface area contributed by atoms with E-state index in [0.29, 0.717) is 6.54 Å². The topological polar surface area (TPSA) is 78.1 Å². The molecule has 0 saturated heterocycles. The molecule has 0 unspecified atom stereocenters. The summed E-state index contributed by atoms with van der Waals surface area (Å²) in [5, 5.41) is 11.8. The molecule has 1 rings (SSSR count). The highest BCUT2D eigenvalue weighted by Crippen LogP contribution is 2.23. The molecule has 0 saturated carbocycles. The molecule has 1 heterocycles. The third-order valence-corrected chi connectivity index (χ3v) is 1.91. The van der Waals surface area contributed by atoms with E-state index in [9.17, 15) is 4.91 Å². The van der Waals surface area contributed by atoms with Crippen molar-refractivity contribution in [3.8, 4) is 0 Å². The number of hydrogen-bond acceptors (Lipinski definition) is 4. The molecule has 0 aromatic carbocycles. The van der Waals surface area contributed by atoms with E-state index in [1.54, 1.807) is 0 Å². The van der Waals surface area contributed by atoms with E-state index < -0.39 is 0 Å². The van der Waals surface area contributed by atoms with Crippen LogP contribution >= 0.6 is 11.6 Å². The Morgan fingerprint density at radius 3 is 2.69 bits per heavy atom. The average molecular weight is 246 g/mol. The van der Waals surface area contributed by atoms with E-state index in [4.69, 9.17) is 16.8 Å². The standard InChI is InChI=1S/C9H14ClN4O2/c1-9(2,3)5-12-7-6(14(15)16)4-11-8(10)13-7/h4H,5H2,1-3H3,(H,15,16)(H,11,12,13)/q+1. The molecule has 0 aliphatic rings. The summed E-state index contributed by atoms with van der Waals surface area (Å²) in [4.78, 5) is 18.0. The second kappa shape index (κ2) is 4.61. The quantitative estimate of drug-likeness (QED) is 0.632. The van der Waals surface area contributed by atoms with Crippen molar-refractivity contribution in [2.24, 2.45) is 5.41 Å². The molecule has 0 fully saturated rings. The predicted molar refractivity (Wildman–Crippen MR) is 60.1 cm³/mol. The molecule has 1 aromatic heterocycles. The summed E-state index contributed by atoms with van der Waals surface area (Å²) < 4.78 is 0. The second-order valence-electron chi connectivity index (χ2n) is 4.56. The minimum atomic E-state index is -0.290. The summed E-state index contributed by atoms with van der Waals surface area (Å²) in [6, 6.07) is 0. The predicted octanol–water partition coefficient (Wildman–Crippen LogP) is 2.39. The Morgan fingerprint density at radius 2 is 2.19 bits per heavy atom. The SMILES string of the molecule is CC(C)(C)CNc1nc(Cl)ncc1[N+](=O)O. The van der Waals surface area contributed by atoms with Crippen LogP contribution in [0.4, 0.5) is 11.5 Å². The maximum atomic E-state index is 10.8. The fourth-order valence-corrected chi connectivity index (χ4v) is 1.11. The molecule has 1 aromatic rings. The van der Waals surface area contributed by atoms with Crippen LogP contribution in [0.15, 0.2) is 6.20 Å². The van der Waals surface area contributed by atoms with Gasteiger partial charge in [-0.15, -0.1) is 0 Å². The number of halogens is 1. The van der Waals surface area contributed by atoms with Gasteiger partial charge in [-0.25, -0.2) is 10.2 Å². The summed E-state index contributed by atoms with van der Waals surface area (Å²) in [5.74, 6) is 0.215. The number of aromatic nitrogens is 2. The van der Waals surface area contributed by atoms with Crippen LogP contribution < -0.4 is 5.32 Å². The molecule has 0 amide bonds. The van der Waals surface area contributed by atoms with E-state index in [1.165, 1.54) is 0 Å². The Labute approximate surface area is 98.2 Å². The third-order valence-electron chi connectivity index (χ3n) is 1.73. The van der Waals surface area contributed by atoms with Crippen LogP contribution in [-0.2, 0) is 0 Å². The van der Waals surface area contributed by atoms with Crippen LogP contribution in [0.2, 0.25) is 5.28 Å². The average Bonchev–Trinajstić information content (AvgIpc) is 2.13. The lowest BCUT2D eigenvalue weighted by Crippen LogP contribution is -2.20. The number of anilines is 1. The number of rotatable bonds is 3. The summed E-state index contributed by atoms with van der Waals surface area (Å²) in [7, 11) is 0. The molecule has 7 heteroatoms. The molecule has 0 aliphatic heterocycles. The van der Waals surface area contributed by atoms with Gasteiger partial charge in [0, 0.05) is 6.54 Å². The van der Waals surface area contributed by atoms with Gasteiger partial charge < -0.3 is 5.32 Å². The molecule has 0 bridgehead atoms. The molecular formula is C9H14ClN4O2+. The number of nitrogens with zero attached hydrogens (tertiary/aromatic N) is 3. The Morgan fingerprint density at radius 1 is 1.56 bits per heavy atom. The summed E-state index contributed by atoms with van der Waals surface area (Å²) in [5.41, 5.74) is -0.0497. The number of nitrogens with one attached hydrogen (secondary N) is 1. The number of hydrogen-bond donors (Lipinski definition) is 2. The molecule has 0 radical (unpaired) electrons. The van der Waals surface area contributed by atoms with E-state index in [0.717, 1.165) is 6.20 Å². The van der Waals surface area contributed by atoms with Gasteiger partial charge in [-0.2, -0.15) is 4.98 Å². The smallest absolute Gasteiger partial charge is 0.364 e. The van der Waals surface area contributed by atoms with Gasteiger partial charge >= 0.3 is 5.69 Å². The van der Waals surface area contributed by atoms with Crippen LogP contribution in [0.1, 0.15) is 20.8 Å². The first kappa shape index (κ1) is 12.6. The Kier molecular flexibility index (Phi) is 3.64. The van der Waals surface area contributed by atoms with Crippen molar-refractivity contribution < 1.29 is 10.1 Å². The molecule has 0 atom stereocenters. The van der Waals surface area contributed by atoms with Gasteiger partial charge in [0.25, 0.3) is 4.92 Å². The Bertz CT molecular complexity index is 403. The van der Waals surface area contributed by atoms with Crippen molar-refractivity contribution in [3.05, 3.63) is 16.4 Å². The van der Waals surface area contributed by atoms with Crippen LogP contribution in [0.25, 0.3) is 0 Å². The van der Waals surface area contributed by atoms with Crippen LogP contribution in [-0.4, -0.2) is 26.6 Å². The van der Waals surface area contributed by atoms with Gasteiger partial charge in [-0.1, -0.05) is 20.8 Å². The highest BCUT2D eigenvalue weighted by atomic mass is 35.5. The van der Waals surface area contributed by atoms with E-state index in [-0.39, 0.29) is 27.1 Å². The van der Waals surface area contributed by atoms with Crippen molar-refractivity contribution in [1.82, 2.24) is 9.97 Å².